The summed E-state index contributed by atoms with van der Waals surface area (Å²) < 4.78 is 12.2. The van der Waals surface area contributed by atoms with Gasteiger partial charge >= 0.3 is 6.03 Å². The van der Waals surface area contributed by atoms with Gasteiger partial charge in [-0.3, -0.25) is 9.69 Å². The van der Waals surface area contributed by atoms with Crippen LogP contribution in [0.5, 0.6) is 11.5 Å². The summed E-state index contributed by atoms with van der Waals surface area (Å²) in [7, 11) is 3.08. The molecule has 2 aromatic rings. The van der Waals surface area contributed by atoms with Gasteiger partial charge in [0.15, 0.2) is 0 Å². The normalized spacial score (nSPS) is 15.3. The number of nitrogens with zero attached hydrogens (tertiary/aromatic N) is 1. The molecule has 1 aliphatic heterocycles. The number of ether oxygens (including phenoxy) is 2. The Morgan fingerprint density at radius 3 is 2.33 bits per heavy atom. The van der Waals surface area contributed by atoms with Crippen LogP contribution in [-0.2, 0) is 11.3 Å². The van der Waals surface area contributed by atoms with Crippen LogP contribution in [0, 0.1) is 0 Å². The van der Waals surface area contributed by atoms with Gasteiger partial charge < -0.3 is 14.8 Å². The first-order valence-corrected chi connectivity index (χ1v) is 9.52. The molecule has 1 saturated heterocycles. The molecule has 0 saturated carbocycles. The molecular formula is C19H16Br2N2O4. The van der Waals surface area contributed by atoms with E-state index in [4.69, 9.17) is 9.47 Å². The molecule has 0 radical (unpaired) electrons. The molecule has 0 atom stereocenters. The van der Waals surface area contributed by atoms with E-state index in [1.54, 1.807) is 25.3 Å². The molecule has 6 nitrogen and oxygen atoms in total. The smallest absolute Gasteiger partial charge is 0.329 e. The molecule has 0 spiro atoms. The largest absolute Gasteiger partial charge is 0.496 e. The van der Waals surface area contributed by atoms with Crippen molar-refractivity contribution in [2.45, 2.75) is 6.54 Å². The number of benzene rings is 2. The number of halogens is 2. The molecule has 8 heteroatoms. The molecule has 1 heterocycles. The average Bonchev–Trinajstić information content (AvgIpc) is 2.91. The van der Waals surface area contributed by atoms with Crippen molar-refractivity contribution in [2.24, 2.45) is 0 Å². The van der Waals surface area contributed by atoms with Crippen molar-refractivity contribution in [3.05, 3.63) is 62.2 Å². The minimum Gasteiger partial charge on any atom is -0.496 e. The number of urea groups is 1. The van der Waals surface area contributed by atoms with E-state index in [-0.39, 0.29) is 12.2 Å². The molecular weight excluding hydrogens is 480 g/mol. The second kappa shape index (κ2) is 8.14. The summed E-state index contributed by atoms with van der Waals surface area (Å²) in [5.41, 5.74) is 1.68. The van der Waals surface area contributed by atoms with E-state index in [1.807, 2.05) is 24.3 Å². The molecule has 27 heavy (non-hydrogen) atoms. The minimum absolute atomic E-state index is 0.187. The Bertz CT molecular complexity index is 926. The van der Waals surface area contributed by atoms with Gasteiger partial charge in [0, 0.05) is 16.1 Å². The van der Waals surface area contributed by atoms with E-state index in [0.29, 0.717) is 21.5 Å². The first kappa shape index (κ1) is 19.4. The second-order valence-corrected chi connectivity index (χ2v) is 7.50. The molecule has 1 fully saturated rings. The topological polar surface area (TPSA) is 67.9 Å². The number of hydrogen-bond acceptors (Lipinski definition) is 4. The van der Waals surface area contributed by atoms with E-state index < -0.39 is 11.9 Å². The highest BCUT2D eigenvalue weighted by atomic mass is 79.9. The maximum atomic E-state index is 12.7. The predicted molar refractivity (Wildman–Crippen MR) is 108 cm³/mol. The predicted octanol–water partition coefficient (Wildman–Crippen LogP) is 4.32. The maximum Gasteiger partial charge on any atom is 0.329 e. The number of carbonyl (C=O) groups excluding carboxylic acids is 2. The number of amides is 3. The second-order valence-electron chi connectivity index (χ2n) is 5.73. The molecule has 0 unspecified atom stereocenters. The van der Waals surface area contributed by atoms with Gasteiger partial charge in [-0.05, 0) is 45.8 Å². The van der Waals surface area contributed by atoms with Crippen LogP contribution >= 0.6 is 31.9 Å². The van der Waals surface area contributed by atoms with Crippen LogP contribution in [0.15, 0.2) is 51.0 Å². The fraction of sp³-hybridized carbons (Fsp3) is 0.158. The van der Waals surface area contributed by atoms with Crippen LogP contribution in [0.4, 0.5) is 4.79 Å². The molecule has 0 bridgehead atoms. The van der Waals surface area contributed by atoms with Gasteiger partial charge in [0.2, 0.25) is 0 Å². The Kier molecular flexibility index (Phi) is 5.86. The number of hydrogen-bond donors (Lipinski definition) is 1. The van der Waals surface area contributed by atoms with E-state index in [1.165, 1.54) is 12.0 Å². The summed E-state index contributed by atoms with van der Waals surface area (Å²) in [5, 5.41) is 2.62. The van der Waals surface area contributed by atoms with Gasteiger partial charge in [-0.25, -0.2) is 4.79 Å². The van der Waals surface area contributed by atoms with Crippen LogP contribution in [-0.4, -0.2) is 31.1 Å². The highest BCUT2D eigenvalue weighted by molar-refractivity contribution is 9.10. The number of carbonyl (C=O) groups is 2. The summed E-state index contributed by atoms with van der Waals surface area (Å²) >= 11 is 6.78. The summed E-state index contributed by atoms with van der Waals surface area (Å²) in [6.07, 6.45) is 1.59. The standard InChI is InChI=1S/C19H16Br2N2O4/c1-26-16-9-17(27-2)14(21)7-12(16)8-15-18(24)23(19(25)22-15)10-11-3-5-13(20)6-4-11/h3-9H,10H2,1-2H3,(H,22,25)/b15-8+. The van der Waals surface area contributed by atoms with E-state index in [0.717, 1.165) is 10.0 Å². The van der Waals surface area contributed by atoms with Crippen molar-refractivity contribution in [2.75, 3.05) is 14.2 Å². The van der Waals surface area contributed by atoms with Crippen molar-refractivity contribution >= 4 is 49.9 Å². The molecule has 1 N–H and O–H groups in total. The van der Waals surface area contributed by atoms with Crippen LogP contribution in [0.3, 0.4) is 0 Å². The van der Waals surface area contributed by atoms with Crippen LogP contribution in [0.25, 0.3) is 6.08 Å². The SMILES string of the molecule is COc1cc(OC)c(/C=C2/NC(=O)N(Cc3ccc(Br)cc3)C2=O)cc1Br. The fourth-order valence-electron chi connectivity index (χ4n) is 2.64. The Balaban J connectivity index is 1.88. The Morgan fingerprint density at radius 2 is 1.70 bits per heavy atom. The van der Waals surface area contributed by atoms with E-state index >= 15 is 0 Å². The van der Waals surface area contributed by atoms with Gasteiger partial charge in [0.25, 0.3) is 5.91 Å². The number of rotatable bonds is 5. The Morgan fingerprint density at radius 1 is 1.04 bits per heavy atom. The first-order valence-electron chi connectivity index (χ1n) is 7.93. The molecule has 0 aliphatic carbocycles. The molecule has 0 aromatic heterocycles. The average molecular weight is 496 g/mol. The van der Waals surface area contributed by atoms with Crippen molar-refractivity contribution in [3.63, 3.8) is 0 Å². The van der Waals surface area contributed by atoms with E-state index in [2.05, 4.69) is 37.2 Å². The van der Waals surface area contributed by atoms with Crippen molar-refractivity contribution in [3.8, 4) is 11.5 Å². The maximum absolute atomic E-state index is 12.7. The number of imide groups is 1. The minimum atomic E-state index is -0.458. The van der Waals surface area contributed by atoms with Gasteiger partial charge in [0.1, 0.15) is 17.2 Å². The molecule has 140 valence electrons. The van der Waals surface area contributed by atoms with Gasteiger partial charge in [-0.15, -0.1) is 0 Å². The third-order valence-corrected chi connectivity index (χ3v) is 5.17. The lowest BCUT2D eigenvalue weighted by Gasteiger charge is -2.12. The van der Waals surface area contributed by atoms with Crippen LogP contribution < -0.4 is 14.8 Å². The molecule has 1 aliphatic rings. The third-order valence-electron chi connectivity index (χ3n) is 4.02. The quantitative estimate of drug-likeness (QED) is 0.495. The lowest BCUT2D eigenvalue weighted by atomic mass is 10.1. The van der Waals surface area contributed by atoms with Gasteiger partial charge in [0.05, 0.1) is 25.2 Å². The highest BCUT2D eigenvalue weighted by Crippen LogP contribution is 2.34. The third kappa shape index (κ3) is 4.17. The zero-order chi connectivity index (χ0) is 19.6. The Labute approximate surface area is 173 Å². The number of methoxy groups -OCH3 is 2. The fourth-order valence-corrected chi connectivity index (χ4v) is 3.43. The molecule has 3 rings (SSSR count). The number of nitrogens with one attached hydrogen (secondary N) is 1. The molecule has 3 amide bonds. The monoisotopic (exact) mass is 494 g/mol. The zero-order valence-corrected chi connectivity index (χ0v) is 17.8. The van der Waals surface area contributed by atoms with Gasteiger partial charge in [-0.2, -0.15) is 0 Å². The molecule has 2 aromatic carbocycles. The summed E-state index contributed by atoms with van der Waals surface area (Å²) in [5.74, 6) is 0.737. The van der Waals surface area contributed by atoms with Crippen molar-refractivity contribution in [1.82, 2.24) is 10.2 Å². The lowest BCUT2D eigenvalue weighted by Crippen LogP contribution is -2.30. The van der Waals surface area contributed by atoms with E-state index in [9.17, 15) is 9.59 Å². The van der Waals surface area contributed by atoms with Crippen molar-refractivity contribution in [1.29, 1.82) is 0 Å². The van der Waals surface area contributed by atoms with Crippen LogP contribution in [0.1, 0.15) is 11.1 Å². The van der Waals surface area contributed by atoms with Crippen LogP contribution in [0.2, 0.25) is 0 Å². The summed E-state index contributed by atoms with van der Waals surface area (Å²) in [6, 6.07) is 10.5. The zero-order valence-electron chi connectivity index (χ0n) is 14.6. The summed E-state index contributed by atoms with van der Waals surface area (Å²) in [6.45, 7) is 0.193. The van der Waals surface area contributed by atoms with Gasteiger partial charge in [-0.1, -0.05) is 28.1 Å². The Hall–Kier alpha value is -2.32. The lowest BCUT2D eigenvalue weighted by molar-refractivity contribution is -0.123. The first-order chi connectivity index (χ1) is 12.9. The summed E-state index contributed by atoms with van der Waals surface area (Å²) in [4.78, 5) is 26.1. The van der Waals surface area contributed by atoms with Crippen molar-refractivity contribution < 1.29 is 19.1 Å². The highest BCUT2D eigenvalue weighted by Gasteiger charge is 2.33.